The van der Waals surface area contributed by atoms with Crippen LogP contribution in [0.4, 0.5) is 26.3 Å². The molecule has 0 rings (SSSR count). The molecule has 0 aliphatic heterocycles. The van der Waals surface area contributed by atoms with E-state index < -0.39 is 37.5 Å². The quantitative estimate of drug-likeness (QED) is 0.607. The van der Waals surface area contributed by atoms with Crippen LogP contribution >= 0.6 is 0 Å². The summed E-state index contributed by atoms with van der Waals surface area (Å²) in [6.07, 6.45) is -6.25. The molecule has 0 N–H and O–H groups in total. The first-order valence-electron chi connectivity index (χ1n) is 3.50. The Kier molecular flexibility index (Phi) is 4.06. The molecule has 0 spiro atoms. The van der Waals surface area contributed by atoms with Gasteiger partial charge in [-0.25, -0.2) is 26.3 Å². The molecule has 79 valence electrons. The fourth-order valence-corrected chi connectivity index (χ4v) is 0.657. The minimum atomic E-state index is -4.34. The van der Waals surface area contributed by atoms with Gasteiger partial charge in [0.2, 0.25) is 0 Å². The Balaban J connectivity index is 4.32. The molecule has 1 radical (unpaired) electrons. The van der Waals surface area contributed by atoms with Gasteiger partial charge in [0.25, 0.3) is 11.8 Å². The van der Waals surface area contributed by atoms with E-state index in [9.17, 15) is 26.3 Å². The lowest BCUT2D eigenvalue weighted by Crippen LogP contribution is -2.38. The second kappa shape index (κ2) is 4.19. The monoisotopic (exact) mass is 207 g/mol. The smallest absolute Gasteiger partial charge is 0.248 e. The maximum absolute atomic E-state index is 12.4. The standard InChI is InChI=1S/C7H9F6/c1-2-6(10,11)4-7(12,13)5(9)3-8/h5H,1-4H2/t5-/m0/s1. The van der Waals surface area contributed by atoms with Crippen molar-refractivity contribution in [1.29, 1.82) is 0 Å². The van der Waals surface area contributed by atoms with Crippen LogP contribution in [0.2, 0.25) is 0 Å². The molecule has 0 bridgehead atoms. The zero-order valence-corrected chi connectivity index (χ0v) is 6.67. The number of hydrogen-bond acceptors (Lipinski definition) is 0. The van der Waals surface area contributed by atoms with Crippen LogP contribution in [0.15, 0.2) is 0 Å². The summed E-state index contributed by atoms with van der Waals surface area (Å²) in [7, 11) is 0. The number of halogens is 6. The van der Waals surface area contributed by atoms with Crippen LogP contribution in [-0.4, -0.2) is 24.7 Å². The van der Waals surface area contributed by atoms with Crippen molar-refractivity contribution in [3.8, 4) is 0 Å². The van der Waals surface area contributed by atoms with Gasteiger partial charge >= 0.3 is 0 Å². The first kappa shape index (κ1) is 12.6. The molecule has 0 amide bonds. The van der Waals surface area contributed by atoms with Crippen LogP contribution in [0.5, 0.6) is 0 Å². The molecule has 0 nitrogen and oxygen atoms in total. The van der Waals surface area contributed by atoms with E-state index in [1.807, 2.05) is 0 Å². The van der Waals surface area contributed by atoms with Gasteiger partial charge in [-0.15, -0.1) is 0 Å². The van der Waals surface area contributed by atoms with Gasteiger partial charge in [0, 0.05) is 6.42 Å². The fraction of sp³-hybridized carbons (Fsp3) is 0.857. The summed E-state index contributed by atoms with van der Waals surface area (Å²) in [6.45, 7) is 0.755. The van der Waals surface area contributed by atoms with Gasteiger partial charge in [0.05, 0.1) is 6.42 Å². The van der Waals surface area contributed by atoms with Crippen molar-refractivity contribution >= 4 is 0 Å². The average molecular weight is 207 g/mol. The van der Waals surface area contributed by atoms with Crippen LogP contribution in [0.25, 0.3) is 0 Å². The summed E-state index contributed by atoms with van der Waals surface area (Å²) < 4.78 is 72.9. The molecule has 0 aliphatic carbocycles. The molecule has 0 heterocycles. The highest BCUT2D eigenvalue weighted by molar-refractivity contribution is 4.83. The molecule has 0 aromatic carbocycles. The topological polar surface area (TPSA) is 0 Å². The highest BCUT2D eigenvalue weighted by atomic mass is 19.3. The minimum Gasteiger partial charge on any atom is -0.248 e. The van der Waals surface area contributed by atoms with Crippen molar-refractivity contribution in [2.24, 2.45) is 0 Å². The van der Waals surface area contributed by atoms with Crippen LogP contribution in [0.1, 0.15) is 12.8 Å². The zero-order valence-electron chi connectivity index (χ0n) is 6.67. The summed E-state index contributed by atoms with van der Waals surface area (Å²) in [5.41, 5.74) is 0. The zero-order chi connectivity index (χ0) is 10.7. The molecule has 0 aromatic rings. The lowest BCUT2D eigenvalue weighted by Gasteiger charge is -2.23. The molecule has 0 saturated carbocycles. The highest BCUT2D eigenvalue weighted by Gasteiger charge is 2.48. The fourth-order valence-electron chi connectivity index (χ4n) is 0.657. The van der Waals surface area contributed by atoms with E-state index in [0.717, 1.165) is 0 Å². The van der Waals surface area contributed by atoms with Crippen LogP contribution in [0, 0.1) is 6.92 Å². The predicted octanol–water partition coefficient (Wildman–Crippen LogP) is 3.18. The van der Waals surface area contributed by atoms with Crippen molar-refractivity contribution < 1.29 is 26.3 Å². The van der Waals surface area contributed by atoms with Gasteiger partial charge in [-0.1, -0.05) is 0 Å². The van der Waals surface area contributed by atoms with Crippen molar-refractivity contribution in [2.75, 3.05) is 6.67 Å². The Bertz CT molecular complexity index is 155. The van der Waals surface area contributed by atoms with E-state index >= 15 is 0 Å². The third kappa shape index (κ3) is 3.87. The maximum Gasteiger partial charge on any atom is 0.287 e. The van der Waals surface area contributed by atoms with E-state index in [1.54, 1.807) is 0 Å². The highest BCUT2D eigenvalue weighted by Crippen LogP contribution is 2.36. The van der Waals surface area contributed by atoms with Crippen LogP contribution in [0.3, 0.4) is 0 Å². The molecule has 0 aromatic heterocycles. The largest absolute Gasteiger partial charge is 0.287 e. The summed E-state index contributed by atoms with van der Waals surface area (Å²) in [4.78, 5) is 0. The number of rotatable bonds is 5. The molecule has 0 aliphatic rings. The Morgan fingerprint density at radius 3 is 1.92 bits per heavy atom. The Labute approximate surface area is 71.9 Å². The lowest BCUT2D eigenvalue weighted by atomic mass is 10.0. The first-order chi connectivity index (χ1) is 5.75. The summed E-state index contributed by atoms with van der Waals surface area (Å²) in [6, 6.07) is 0. The van der Waals surface area contributed by atoms with Gasteiger partial charge in [-0.05, 0) is 6.92 Å². The van der Waals surface area contributed by atoms with E-state index in [-0.39, 0.29) is 0 Å². The van der Waals surface area contributed by atoms with E-state index in [0.29, 0.717) is 0 Å². The Morgan fingerprint density at radius 1 is 1.15 bits per heavy atom. The maximum atomic E-state index is 12.4. The van der Waals surface area contributed by atoms with E-state index in [4.69, 9.17) is 0 Å². The number of hydrogen-bond donors (Lipinski definition) is 0. The second-order valence-corrected chi connectivity index (χ2v) is 2.67. The normalized spacial score (nSPS) is 15.9. The van der Waals surface area contributed by atoms with Gasteiger partial charge in [0.1, 0.15) is 6.67 Å². The molecule has 1 atom stereocenters. The Hall–Kier alpha value is -0.420. The van der Waals surface area contributed by atoms with Crippen molar-refractivity contribution in [2.45, 2.75) is 30.9 Å². The minimum absolute atomic E-state index is 1.07. The van der Waals surface area contributed by atoms with E-state index in [1.165, 1.54) is 0 Å². The number of alkyl halides is 6. The van der Waals surface area contributed by atoms with Crippen molar-refractivity contribution in [3.05, 3.63) is 6.92 Å². The lowest BCUT2D eigenvalue weighted by molar-refractivity contribution is -0.147. The van der Waals surface area contributed by atoms with Gasteiger partial charge in [-0.3, -0.25) is 0 Å². The molecule has 13 heavy (non-hydrogen) atoms. The van der Waals surface area contributed by atoms with Crippen molar-refractivity contribution in [3.63, 3.8) is 0 Å². The van der Waals surface area contributed by atoms with Crippen molar-refractivity contribution in [1.82, 2.24) is 0 Å². The molecule has 0 saturated heterocycles. The molecule has 6 heteroatoms. The van der Waals surface area contributed by atoms with Crippen LogP contribution in [-0.2, 0) is 0 Å². The van der Waals surface area contributed by atoms with Crippen LogP contribution < -0.4 is 0 Å². The summed E-state index contributed by atoms with van der Waals surface area (Å²) in [5.74, 6) is -8.10. The molecular weight excluding hydrogens is 198 g/mol. The third-order valence-electron chi connectivity index (χ3n) is 1.45. The molecule has 0 fully saturated rings. The van der Waals surface area contributed by atoms with E-state index in [2.05, 4.69) is 6.92 Å². The summed E-state index contributed by atoms with van der Waals surface area (Å²) in [5, 5.41) is 0. The average Bonchev–Trinajstić information content (AvgIpc) is 2.01. The van der Waals surface area contributed by atoms with Gasteiger partial charge < -0.3 is 0 Å². The SMILES string of the molecule is [CH2]CC(F)(F)CC(F)(F)[C@@H](F)CF. The molecular formula is C7H9F6. The predicted molar refractivity (Wildman–Crippen MR) is 35.4 cm³/mol. The van der Waals surface area contributed by atoms with Gasteiger partial charge in [-0.2, -0.15) is 0 Å². The second-order valence-electron chi connectivity index (χ2n) is 2.67. The summed E-state index contributed by atoms with van der Waals surface area (Å²) >= 11 is 0. The Morgan fingerprint density at radius 2 is 1.62 bits per heavy atom. The molecule has 0 unspecified atom stereocenters. The first-order valence-corrected chi connectivity index (χ1v) is 3.50. The van der Waals surface area contributed by atoms with Gasteiger partial charge in [0.15, 0.2) is 6.17 Å². The third-order valence-corrected chi connectivity index (χ3v) is 1.45.